The van der Waals surface area contributed by atoms with Crippen LogP contribution in [0, 0.1) is 0 Å². The van der Waals surface area contributed by atoms with Crippen molar-refractivity contribution < 1.29 is 4.42 Å². The fourth-order valence-electron chi connectivity index (χ4n) is 12.2. The number of rotatable bonds is 5. The average Bonchev–Trinajstić information content (AvgIpc) is 4.07. The molecule has 0 unspecified atom stereocenters. The van der Waals surface area contributed by atoms with Crippen LogP contribution >= 0.6 is 0 Å². The molecule has 10 aromatic carbocycles. The Morgan fingerprint density at radius 3 is 1.61 bits per heavy atom. The van der Waals surface area contributed by atoms with Gasteiger partial charge in [-0.25, -0.2) is 0 Å². The third kappa shape index (κ3) is 4.96. The zero-order valence-electron chi connectivity index (χ0n) is 36.7. The van der Waals surface area contributed by atoms with E-state index in [0.717, 1.165) is 50.1 Å². The normalized spacial score (nSPS) is 14.2. The molecule has 310 valence electrons. The minimum absolute atomic E-state index is 0.178. The molecule has 2 heteroatoms. The summed E-state index contributed by atoms with van der Waals surface area (Å²) in [6, 6.07) is 83.3. The van der Waals surface area contributed by atoms with Gasteiger partial charge in [-0.15, -0.1) is 0 Å². The largest absolute Gasteiger partial charge is 0.456 e. The molecule has 0 saturated heterocycles. The molecule has 66 heavy (non-hydrogen) atoms. The number of benzene rings is 10. The van der Waals surface area contributed by atoms with Crippen molar-refractivity contribution in [1.29, 1.82) is 0 Å². The molecule has 0 amide bonds. The van der Waals surface area contributed by atoms with E-state index >= 15 is 0 Å². The fourth-order valence-corrected chi connectivity index (χ4v) is 12.2. The Kier molecular flexibility index (Phi) is 7.70. The Bertz CT molecular complexity index is 3770. The number of hydrogen-bond acceptors (Lipinski definition) is 2. The maximum atomic E-state index is 6.61. The van der Waals surface area contributed by atoms with Gasteiger partial charge in [0.25, 0.3) is 0 Å². The summed E-state index contributed by atoms with van der Waals surface area (Å²) < 4.78 is 6.61. The molecule has 0 aliphatic heterocycles. The van der Waals surface area contributed by atoms with Crippen molar-refractivity contribution in [1.82, 2.24) is 0 Å². The molecule has 14 rings (SSSR count). The van der Waals surface area contributed by atoms with Gasteiger partial charge in [0, 0.05) is 22.1 Å². The van der Waals surface area contributed by atoms with Crippen LogP contribution in [0.25, 0.3) is 77.6 Å². The van der Waals surface area contributed by atoms with Gasteiger partial charge in [-0.2, -0.15) is 0 Å². The maximum Gasteiger partial charge on any atom is 0.137 e. The summed E-state index contributed by atoms with van der Waals surface area (Å²) in [6.45, 7) is 4.74. The zero-order valence-corrected chi connectivity index (χ0v) is 36.7. The highest BCUT2D eigenvalue weighted by molar-refractivity contribution is 6.14. The van der Waals surface area contributed by atoms with Gasteiger partial charge in [0.1, 0.15) is 11.2 Å². The molecular formula is C64H43NO. The number of hydrogen-bond donors (Lipinski definition) is 0. The minimum Gasteiger partial charge on any atom is -0.456 e. The lowest BCUT2D eigenvalue weighted by Crippen LogP contribution is -2.25. The Morgan fingerprint density at radius 1 is 0.333 bits per heavy atom. The van der Waals surface area contributed by atoms with Crippen LogP contribution in [0.3, 0.4) is 0 Å². The quantitative estimate of drug-likeness (QED) is 0.172. The molecule has 0 fully saturated rings. The SMILES string of the molecule is CC1(C)c2ccccc2-c2ccc(N(c3ccc(-c4ccccc4)cc3-c3ccc4c(c3)-c3ccccc3C43c4ccccc4-c4ccccc43)c3cccc4oc5ccccc5c34)cc21. The van der Waals surface area contributed by atoms with Crippen molar-refractivity contribution in [2.75, 3.05) is 4.90 Å². The van der Waals surface area contributed by atoms with E-state index in [1.165, 1.54) is 77.9 Å². The van der Waals surface area contributed by atoms with Gasteiger partial charge in [-0.1, -0.05) is 190 Å². The lowest BCUT2D eigenvalue weighted by atomic mass is 9.70. The molecule has 0 atom stereocenters. The van der Waals surface area contributed by atoms with Gasteiger partial charge in [0.15, 0.2) is 0 Å². The van der Waals surface area contributed by atoms with Crippen molar-refractivity contribution in [3.05, 3.63) is 258 Å². The summed E-state index contributed by atoms with van der Waals surface area (Å²) in [5.74, 6) is 0. The third-order valence-corrected chi connectivity index (χ3v) is 15.1. The van der Waals surface area contributed by atoms with Crippen molar-refractivity contribution >= 4 is 39.0 Å². The monoisotopic (exact) mass is 841 g/mol. The van der Waals surface area contributed by atoms with Gasteiger partial charge >= 0.3 is 0 Å². The first kappa shape index (κ1) is 37.2. The van der Waals surface area contributed by atoms with E-state index < -0.39 is 5.41 Å². The van der Waals surface area contributed by atoms with Crippen molar-refractivity contribution in [2.45, 2.75) is 24.7 Å². The Balaban J connectivity index is 1.05. The highest BCUT2D eigenvalue weighted by Crippen LogP contribution is 2.63. The molecule has 11 aromatic rings. The van der Waals surface area contributed by atoms with Gasteiger partial charge in [0.2, 0.25) is 0 Å². The lowest BCUT2D eigenvalue weighted by Gasteiger charge is -2.31. The third-order valence-electron chi connectivity index (χ3n) is 15.1. The van der Waals surface area contributed by atoms with E-state index in [9.17, 15) is 0 Å². The number of fused-ring (bicyclic) bond motifs is 16. The highest BCUT2D eigenvalue weighted by Gasteiger charge is 2.51. The molecular weight excluding hydrogens is 799 g/mol. The molecule has 0 N–H and O–H groups in total. The van der Waals surface area contributed by atoms with Crippen LogP contribution in [0.1, 0.15) is 47.2 Å². The first-order valence-corrected chi connectivity index (χ1v) is 23.1. The number of anilines is 3. The molecule has 3 aliphatic rings. The van der Waals surface area contributed by atoms with Gasteiger partial charge in [-0.05, 0) is 132 Å². The molecule has 1 heterocycles. The second kappa shape index (κ2) is 13.7. The molecule has 0 saturated carbocycles. The summed E-state index contributed by atoms with van der Waals surface area (Å²) in [6.07, 6.45) is 0. The van der Waals surface area contributed by atoms with Crippen molar-refractivity contribution in [2.24, 2.45) is 0 Å². The van der Waals surface area contributed by atoms with Crippen LogP contribution < -0.4 is 4.90 Å². The van der Waals surface area contributed by atoms with Crippen molar-refractivity contribution in [3.63, 3.8) is 0 Å². The first-order chi connectivity index (χ1) is 32.5. The number of furan rings is 1. The second-order valence-corrected chi connectivity index (χ2v) is 18.7. The summed E-state index contributed by atoms with van der Waals surface area (Å²) in [5, 5.41) is 2.19. The molecule has 0 radical (unpaired) electrons. The van der Waals surface area contributed by atoms with E-state index in [0.29, 0.717) is 0 Å². The van der Waals surface area contributed by atoms with E-state index in [1.54, 1.807) is 0 Å². The Labute approximate surface area is 384 Å². The van der Waals surface area contributed by atoms with Crippen LogP contribution in [0.2, 0.25) is 0 Å². The van der Waals surface area contributed by atoms with Gasteiger partial charge in [-0.3, -0.25) is 0 Å². The second-order valence-electron chi connectivity index (χ2n) is 18.7. The summed E-state index contributed by atoms with van der Waals surface area (Å²) in [7, 11) is 0. The summed E-state index contributed by atoms with van der Waals surface area (Å²) in [4.78, 5) is 2.50. The van der Waals surface area contributed by atoms with E-state index in [-0.39, 0.29) is 5.41 Å². The average molecular weight is 842 g/mol. The van der Waals surface area contributed by atoms with Crippen molar-refractivity contribution in [3.8, 4) is 55.6 Å². The highest BCUT2D eigenvalue weighted by atomic mass is 16.3. The van der Waals surface area contributed by atoms with Crippen LogP contribution in [-0.2, 0) is 10.8 Å². The zero-order chi connectivity index (χ0) is 43.7. The van der Waals surface area contributed by atoms with Crippen LogP contribution in [0.4, 0.5) is 17.1 Å². The number of para-hydroxylation sites is 1. The lowest BCUT2D eigenvalue weighted by molar-refractivity contribution is 0.660. The van der Waals surface area contributed by atoms with Gasteiger partial charge < -0.3 is 9.32 Å². The Hall–Kier alpha value is -8.20. The number of nitrogens with zero attached hydrogens (tertiary/aromatic N) is 1. The molecule has 2 nitrogen and oxygen atoms in total. The minimum atomic E-state index is -0.412. The predicted molar refractivity (Wildman–Crippen MR) is 273 cm³/mol. The first-order valence-electron chi connectivity index (χ1n) is 23.1. The predicted octanol–water partition coefficient (Wildman–Crippen LogP) is 17.0. The van der Waals surface area contributed by atoms with E-state index in [4.69, 9.17) is 4.42 Å². The topological polar surface area (TPSA) is 16.4 Å². The Morgan fingerprint density at radius 2 is 0.879 bits per heavy atom. The van der Waals surface area contributed by atoms with Crippen LogP contribution in [-0.4, -0.2) is 0 Å². The molecule has 0 bridgehead atoms. The molecule has 1 spiro atoms. The fraction of sp³-hybridized carbons (Fsp3) is 0.0625. The van der Waals surface area contributed by atoms with Gasteiger partial charge in [0.05, 0.1) is 22.2 Å². The summed E-state index contributed by atoms with van der Waals surface area (Å²) in [5.41, 5.74) is 25.0. The molecule has 3 aliphatic carbocycles. The summed E-state index contributed by atoms with van der Waals surface area (Å²) >= 11 is 0. The van der Waals surface area contributed by atoms with E-state index in [1.807, 2.05) is 0 Å². The maximum absolute atomic E-state index is 6.61. The molecule has 1 aromatic heterocycles. The smallest absolute Gasteiger partial charge is 0.137 e. The van der Waals surface area contributed by atoms with E-state index in [2.05, 4.69) is 243 Å². The van der Waals surface area contributed by atoms with Crippen LogP contribution in [0.5, 0.6) is 0 Å². The standard InChI is InChI=1S/C64H43NO/c1-63(2)52-24-11-6-19-44(52)48-34-33-43(39-57(48)63)65(59-28-16-30-61-62(59)49-23-10-15-29-60(49)66-61)58-36-32-41(40-17-4-3-5-18-40)37-50(58)42-31-35-56-51(38-42)47-22-9-14-27-55(47)64(56)53-25-12-7-20-45(53)46-21-8-13-26-54(46)64/h3-39H,1-2H3. The van der Waals surface area contributed by atoms with Crippen LogP contribution in [0.15, 0.2) is 229 Å².